The second-order valence-corrected chi connectivity index (χ2v) is 7.38. The van der Waals surface area contributed by atoms with Gasteiger partial charge in [-0.25, -0.2) is 0 Å². The Kier molecular flexibility index (Phi) is 7.86. The first kappa shape index (κ1) is 14.8. The molecule has 0 atom stereocenters. The molecule has 0 aliphatic heterocycles. The first-order valence-electron chi connectivity index (χ1n) is 4.95. The Morgan fingerprint density at radius 2 is 2.00 bits per heavy atom. The van der Waals surface area contributed by atoms with E-state index in [0.29, 0.717) is 11.7 Å². The summed E-state index contributed by atoms with van der Waals surface area (Å²) in [6, 6.07) is 1.70. The molecule has 0 bridgehead atoms. The van der Waals surface area contributed by atoms with Gasteiger partial charge in [-0.3, -0.25) is 0 Å². The lowest BCUT2D eigenvalue weighted by atomic mass is 10.5. The van der Waals surface area contributed by atoms with Gasteiger partial charge < -0.3 is 13.6 Å². The predicted molar refractivity (Wildman–Crippen MR) is 68.4 cm³/mol. The van der Waals surface area contributed by atoms with Crippen LogP contribution in [-0.2, 0) is 13.6 Å². The molecule has 0 N–H and O–H groups in total. The second-order valence-electron chi connectivity index (χ2n) is 3.26. The Labute approximate surface area is 98.7 Å². The summed E-state index contributed by atoms with van der Waals surface area (Å²) in [6.07, 6.45) is 2.75. The van der Waals surface area contributed by atoms with Crippen LogP contribution in [0.3, 0.4) is 0 Å². The minimum absolute atomic E-state index is 0.584. The molecule has 0 aliphatic carbocycles. The molecule has 0 rings (SSSR count). The molecular weight excluding hydrogens is 228 g/mol. The van der Waals surface area contributed by atoms with Gasteiger partial charge in [0.15, 0.2) is 5.05 Å². The van der Waals surface area contributed by atoms with Crippen molar-refractivity contribution >= 4 is 25.8 Å². The Balaban J connectivity index is 3.94. The number of rotatable bonds is 8. The standard InChI is InChI=1S/C10H20O3SSi/c1-5-8-15(11-3,12-4)9-6-7-13-10(2)14/h5H,1,6-9H2,2-4H3. The van der Waals surface area contributed by atoms with Crippen molar-refractivity contribution in [3.63, 3.8) is 0 Å². The maximum atomic E-state index is 5.49. The van der Waals surface area contributed by atoms with Gasteiger partial charge in [0.25, 0.3) is 0 Å². The number of hydrogen-bond donors (Lipinski definition) is 0. The van der Waals surface area contributed by atoms with Crippen molar-refractivity contribution in [1.82, 2.24) is 0 Å². The van der Waals surface area contributed by atoms with E-state index in [1.54, 1.807) is 21.1 Å². The van der Waals surface area contributed by atoms with E-state index in [2.05, 4.69) is 6.58 Å². The molecular formula is C10H20O3SSi. The summed E-state index contributed by atoms with van der Waals surface area (Å²) in [6.45, 7) is 6.13. The van der Waals surface area contributed by atoms with Gasteiger partial charge in [0.2, 0.25) is 0 Å². The number of thiocarbonyl (C=S) groups is 1. The van der Waals surface area contributed by atoms with Gasteiger partial charge in [-0.05, 0) is 24.7 Å². The van der Waals surface area contributed by atoms with Crippen molar-refractivity contribution in [2.45, 2.75) is 25.4 Å². The SMILES string of the molecule is C=CC[Si](CCCOC(C)=S)(OC)OC. The van der Waals surface area contributed by atoms with Crippen molar-refractivity contribution < 1.29 is 13.6 Å². The molecule has 0 aromatic rings. The van der Waals surface area contributed by atoms with Gasteiger partial charge in [-0.2, -0.15) is 0 Å². The lowest BCUT2D eigenvalue weighted by Crippen LogP contribution is -2.39. The quantitative estimate of drug-likeness (QED) is 0.286. The predicted octanol–water partition coefficient (Wildman–Crippen LogP) is 2.66. The summed E-state index contributed by atoms with van der Waals surface area (Å²) >= 11 is 4.82. The highest BCUT2D eigenvalue weighted by atomic mass is 32.1. The Hall–Kier alpha value is -0.233. The van der Waals surface area contributed by atoms with Crippen LogP contribution in [-0.4, -0.2) is 34.4 Å². The van der Waals surface area contributed by atoms with Crippen LogP contribution in [0.5, 0.6) is 0 Å². The molecule has 0 heterocycles. The van der Waals surface area contributed by atoms with Gasteiger partial charge in [-0.1, -0.05) is 6.08 Å². The molecule has 0 spiro atoms. The molecule has 0 unspecified atom stereocenters. The third-order valence-corrected chi connectivity index (χ3v) is 5.84. The van der Waals surface area contributed by atoms with Crippen molar-refractivity contribution in [1.29, 1.82) is 0 Å². The van der Waals surface area contributed by atoms with Crippen LogP contribution in [0.1, 0.15) is 13.3 Å². The van der Waals surface area contributed by atoms with Gasteiger partial charge in [0.05, 0.1) is 6.61 Å². The van der Waals surface area contributed by atoms with E-state index in [0.717, 1.165) is 18.5 Å². The van der Waals surface area contributed by atoms with Crippen LogP contribution in [0.15, 0.2) is 12.7 Å². The molecule has 0 saturated heterocycles. The zero-order valence-corrected chi connectivity index (χ0v) is 11.6. The van der Waals surface area contributed by atoms with E-state index >= 15 is 0 Å². The number of hydrogen-bond acceptors (Lipinski definition) is 4. The Morgan fingerprint density at radius 3 is 2.40 bits per heavy atom. The average molecular weight is 248 g/mol. The fourth-order valence-corrected chi connectivity index (χ4v) is 3.65. The van der Waals surface area contributed by atoms with Crippen LogP contribution in [0.4, 0.5) is 0 Å². The molecule has 0 saturated carbocycles. The maximum absolute atomic E-state index is 5.49. The molecule has 5 heteroatoms. The third kappa shape index (κ3) is 6.04. The molecule has 0 radical (unpaired) electrons. The number of allylic oxidation sites excluding steroid dienone is 1. The lowest BCUT2D eigenvalue weighted by molar-refractivity contribution is 0.236. The largest absolute Gasteiger partial charge is 0.487 e. The molecule has 88 valence electrons. The van der Waals surface area contributed by atoms with E-state index in [-0.39, 0.29) is 0 Å². The molecule has 0 aliphatic rings. The smallest absolute Gasteiger partial charge is 0.341 e. The maximum Gasteiger partial charge on any atom is 0.341 e. The summed E-state index contributed by atoms with van der Waals surface area (Å²) in [5, 5.41) is 0.584. The van der Waals surface area contributed by atoms with Crippen molar-refractivity contribution in [2.75, 3.05) is 20.8 Å². The summed E-state index contributed by atoms with van der Waals surface area (Å²) in [5.74, 6) is 0. The highest BCUT2D eigenvalue weighted by Crippen LogP contribution is 2.19. The van der Waals surface area contributed by atoms with Crippen molar-refractivity contribution in [2.24, 2.45) is 0 Å². The zero-order valence-electron chi connectivity index (χ0n) is 9.75. The lowest BCUT2D eigenvalue weighted by Gasteiger charge is -2.26. The van der Waals surface area contributed by atoms with Gasteiger partial charge in [0, 0.05) is 27.2 Å². The average Bonchev–Trinajstić information content (AvgIpc) is 2.22. The fraction of sp³-hybridized carbons (Fsp3) is 0.700. The highest BCUT2D eigenvalue weighted by molar-refractivity contribution is 7.80. The Bertz CT molecular complexity index is 205. The summed E-state index contributed by atoms with van der Waals surface area (Å²) in [7, 11) is 1.34. The van der Waals surface area contributed by atoms with Gasteiger partial charge in [0.1, 0.15) is 0 Å². The first-order valence-corrected chi connectivity index (χ1v) is 7.58. The second kappa shape index (κ2) is 7.98. The van der Waals surface area contributed by atoms with Crippen molar-refractivity contribution in [3.8, 4) is 0 Å². The molecule has 15 heavy (non-hydrogen) atoms. The van der Waals surface area contributed by atoms with Crippen LogP contribution in [0, 0.1) is 0 Å². The van der Waals surface area contributed by atoms with Crippen LogP contribution < -0.4 is 0 Å². The van der Waals surface area contributed by atoms with Crippen LogP contribution >= 0.6 is 12.2 Å². The molecule has 0 amide bonds. The van der Waals surface area contributed by atoms with E-state index in [1.807, 2.05) is 6.08 Å². The summed E-state index contributed by atoms with van der Waals surface area (Å²) in [4.78, 5) is 0. The molecule has 0 aromatic heterocycles. The van der Waals surface area contributed by atoms with E-state index in [4.69, 9.17) is 25.8 Å². The summed E-state index contributed by atoms with van der Waals surface area (Å²) in [5.41, 5.74) is 0. The normalized spacial score (nSPS) is 11.1. The van der Waals surface area contributed by atoms with Gasteiger partial charge in [-0.15, -0.1) is 6.58 Å². The van der Waals surface area contributed by atoms with Gasteiger partial charge >= 0.3 is 8.56 Å². The molecule has 0 aromatic carbocycles. The molecule has 3 nitrogen and oxygen atoms in total. The Morgan fingerprint density at radius 1 is 1.40 bits per heavy atom. The van der Waals surface area contributed by atoms with Crippen LogP contribution in [0.25, 0.3) is 0 Å². The van der Waals surface area contributed by atoms with Crippen molar-refractivity contribution in [3.05, 3.63) is 12.7 Å². The monoisotopic (exact) mass is 248 g/mol. The summed E-state index contributed by atoms with van der Waals surface area (Å²) < 4.78 is 16.2. The van der Waals surface area contributed by atoms with E-state index in [1.165, 1.54) is 0 Å². The highest BCUT2D eigenvalue weighted by Gasteiger charge is 2.33. The minimum Gasteiger partial charge on any atom is -0.487 e. The zero-order chi connectivity index (χ0) is 11.7. The molecule has 0 fully saturated rings. The van der Waals surface area contributed by atoms with E-state index < -0.39 is 8.56 Å². The first-order chi connectivity index (χ1) is 7.10. The fourth-order valence-electron chi connectivity index (χ4n) is 1.33. The van der Waals surface area contributed by atoms with Crippen LogP contribution in [0.2, 0.25) is 12.1 Å². The third-order valence-electron chi connectivity index (χ3n) is 2.21. The minimum atomic E-state index is -2.06. The number of ether oxygens (including phenoxy) is 1. The van der Waals surface area contributed by atoms with E-state index in [9.17, 15) is 0 Å². The topological polar surface area (TPSA) is 27.7 Å².